The van der Waals surface area contributed by atoms with Crippen LogP contribution < -0.4 is 5.32 Å². The third kappa shape index (κ3) is 4.61. The van der Waals surface area contributed by atoms with Crippen molar-refractivity contribution >= 4 is 5.91 Å². The Morgan fingerprint density at radius 2 is 2.00 bits per heavy atom. The number of hydrogen-bond acceptors (Lipinski definition) is 2. The molecule has 3 heteroatoms. The van der Waals surface area contributed by atoms with Crippen molar-refractivity contribution in [3.63, 3.8) is 0 Å². The van der Waals surface area contributed by atoms with Crippen molar-refractivity contribution in [2.45, 2.75) is 13.5 Å². The number of benzene rings is 1. The lowest BCUT2D eigenvalue weighted by molar-refractivity contribution is -0.121. The van der Waals surface area contributed by atoms with Crippen LogP contribution in [0.5, 0.6) is 0 Å². The highest BCUT2D eigenvalue weighted by Crippen LogP contribution is 2.01. The van der Waals surface area contributed by atoms with Crippen molar-refractivity contribution in [3.8, 4) is 0 Å². The Kier molecular flexibility index (Phi) is 4.84. The van der Waals surface area contributed by atoms with Crippen molar-refractivity contribution in [1.29, 1.82) is 0 Å². The second-order valence-electron chi connectivity index (χ2n) is 3.61. The Morgan fingerprint density at radius 3 is 2.60 bits per heavy atom. The van der Waals surface area contributed by atoms with Crippen LogP contribution in [0.4, 0.5) is 0 Å². The zero-order valence-corrected chi connectivity index (χ0v) is 9.36. The van der Waals surface area contributed by atoms with E-state index in [1.807, 2.05) is 37.1 Å². The van der Waals surface area contributed by atoms with Crippen molar-refractivity contribution in [2.24, 2.45) is 0 Å². The van der Waals surface area contributed by atoms with Gasteiger partial charge >= 0.3 is 0 Å². The Hall–Kier alpha value is -1.35. The maximum Gasteiger partial charge on any atom is 0.234 e. The highest BCUT2D eigenvalue weighted by Gasteiger charge is 2.05. The number of carbonyl (C=O) groups excluding carboxylic acids is 1. The quantitative estimate of drug-likeness (QED) is 0.786. The van der Waals surface area contributed by atoms with Gasteiger partial charge in [-0.15, -0.1) is 0 Å². The van der Waals surface area contributed by atoms with Gasteiger partial charge in [-0.3, -0.25) is 9.69 Å². The van der Waals surface area contributed by atoms with Crippen LogP contribution >= 0.6 is 0 Å². The number of amides is 1. The van der Waals surface area contributed by atoms with Crippen LogP contribution in [0, 0.1) is 0 Å². The summed E-state index contributed by atoms with van der Waals surface area (Å²) in [4.78, 5) is 13.3. The number of likely N-dealkylation sites (N-methyl/N-ethyl adjacent to an activating group) is 2. The molecule has 0 spiro atoms. The van der Waals surface area contributed by atoms with Crippen molar-refractivity contribution in [2.75, 3.05) is 20.1 Å². The number of rotatable bonds is 5. The smallest absolute Gasteiger partial charge is 0.234 e. The van der Waals surface area contributed by atoms with Gasteiger partial charge in [-0.1, -0.05) is 30.3 Å². The van der Waals surface area contributed by atoms with Gasteiger partial charge in [0.2, 0.25) is 5.91 Å². The fourth-order valence-corrected chi connectivity index (χ4v) is 1.45. The average molecular weight is 206 g/mol. The van der Waals surface area contributed by atoms with Gasteiger partial charge in [0, 0.05) is 13.1 Å². The molecule has 0 bridgehead atoms. The number of carbonyl (C=O) groups is 1. The van der Waals surface area contributed by atoms with E-state index in [0.717, 1.165) is 6.54 Å². The van der Waals surface area contributed by atoms with Crippen LogP contribution in [0.25, 0.3) is 0 Å². The maximum absolute atomic E-state index is 11.3. The largest absolute Gasteiger partial charge is 0.355 e. The third-order valence-corrected chi connectivity index (χ3v) is 2.08. The van der Waals surface area contributed by atoms with Crippen molar-refractivity contribution in [3.05, 3.63) is 35.9 Å². The molecular formula is C12H18N2O. The molecule has 0 aliphatic rings. The highest BCUT2D eigenvalue weighted by molar-refractivity contribution is 5.77. The van der Waals surface area contributed by atoms with Gasteiger partial charge in [0.15, 0.2) is 0 Å². The Bertz CT molecular complexity index is 298. The third-order valence-electron chi connectivity index (χ3n) is 2.08. The molecule has 1 amide bonds. The first-order valence-electron chi connectivity index (χ1n) is 5.21. The second-order valence-corrected chi connectivity index (χ2v) is 3.61. The van der Waals surface area contributed by atoms with Crippen LogP contribution in [0.3, 0.4) is 0 Å². The summed E-state index contributed by atoms with van der Waals surface area (Å²) in [6, 6.07) is 10.1. The molecule has 15 heavy (non-hydrogen) atoms. The van der Waals surface area contributed by atoms with Crippen LogP contribution in [0.15, 0.2) is 30.3 Å². The zero-order chi connectivity index (χ0) is 11.1. The molecule has 82 valence electrons. The first kappa shape index (κ1) is 11.7. The molecule has 0 radical (unpaired) electrons. The minimum Gasteiger partial charge on any atom is -0.355 e. The Balaban J connectivity index is 2.36. The minimum atomic E-state index is 0.0796. The number of nitrogens with zero attached hydrogens (tertiary/aromatic N) is 1. The van der Waals surface area contributed by atoms with Gasteiger partial charge in [0.25, 0.3) is 0 Å². The standard InChI is InChI=1S/C12H18N2O/c1-3-13-12(15)10-14(2)9-11-7-5-4-6-8-11/h4-8H,3,9-10H2,1-2H3,(H,13,15). The SMILES string of the molecule is CCNC(=O)CN(C)Cc1ccccc1. The van der Waals surface area contributed by atoms with E-state index in [0.29, 0.717) is 13.1 Å². The summed E-state index contributed by atoms with van der Waals surface area (Å²) < 4.78 is 0. The zero-order valence-electron chi connectivity index (χ0n) is 9.36. The fourth-order valence-electron chi connectivity index (χ4n) is 1.45. The monoisotopic (exact) mass is 206 g/mol. The summed E-state index contributed by atoms with van der Waals surface area (Å²) in [5.74, 6) is 0.0796. The summed E-state index contributed by atoms with van der Waals surface area (Å²) in [6.45, 7) is 3.87. The summed E-state index contributed by atoms with van der Waals surface area (Å²) in [7, 11) is 1.95. The van der Waals surface area contributed by atoms with Gasteiger partial charge in [0.05, 0.1) is 6.54 Å². The lowest BCUT2D eigenvalue weighted by atomic mass is 10.2. The molecule has 1 rings (SSSR count). The topological polar surface area (TPSA) is 32.3 Å². The van der Waals surface area contributed by atoms with E-state index in [4.69, 9.17) is 0 Å². The van der Waals surface area contributed by atoms with E-state index >= 15 is 0 Å². The van der Waals surface area contributed by atoms with Gasteiger partial charge in [0.1, 0.15) is 0 Å². The summed E-state index contributed by atoms with van der Waals surface area (Å²) in [5, 5.41) is 2.78. The highest BCUT2D eigenvalue weighted by atomic mass is 16.1. The molecular weight excluding hydrogens is 188 g/mol. The maximum atomic E-state index is 11.3. The molecule has 0 unspecified atom stereocenters. The van der Waals surface area contributed by atoms with Crippen LogP contribution in [0.2, 0.25) is 0 Å². The van der Waals surface area contributed by atoms with Gasteiger partial charge in [-0.2, -0.15) is 0 Å². The first-order chi connectivity index (χ1) is 7.22. The molecule has 1 aromatic rings. The van der Waals surface area contributed by atoms with E-state index in [9.17, 15) is 4.79 Å². The predicted octanol–water partition coefficient (Wildman–Crippen LogP) is 1.25. The van der Waals surface area contributed by atoms with E-state index in [1.54, 1.807) is 0 Å². The normalized spacial score (nSPS) is 10.3. The van der Waals surface area contributed by atoms with E-state index in [1.165, 1.54) is 5.56 Å². The van der Waals surface area contributed by atoms with Crippen LogP contribution in [-0.4, -0.2) is 30.9 Å². The van der Waals surface area contributed by atoms with Crippen LogP contribution in [-0.2, 0) is 11.3 Å². The number of hydrogen-bond donors (Lipinski definition) is 1. The Morgan fingerprint density at radius 1 is 1.33 bits per heavy atom. The molecule has 0 saturated heterocycles. The van der Waals surface area contributed by atoms with E-state index in [-0.39, 0.29) is 5.91 Å². The van der Waals surface area contributed by atoms with E-state index < -0.39 is 0 Å². The van der Waals surface area contributed by atoms with Gasteiger partial charge in [-0.25, -0.2) is 0 Å². The lowest BCUT2D eigenvalue weighted by Crippen LogP contribution is -2.34. The Labute approximate surface area is 91.1 Å². The molecule has 1 N–H and O–H groups in total. The molecule has 1 aromatic carbocycles. The first-order valence-corrected chi connectivity index (χ1v) is 5.21. The van der Waals surface area contributed by atoms with Crippen molar-refractivity contribution < 1.29 is 4.79 Å². The second kappa shape index (κ2) is 6.19. The molecule has 0 atom stereocenters. The molecule has 0 fully saturated rings. The minimum absolute atomic E-state index is 0.0796. The van der Waals surface area contributed by atoms with Gasteiger partial charge < -0.3 is 5.32 Å². The molecule has 0 aliphatic heterocycles. The average Bonchev–Trinajstić information content (AvgIpc) is 2.19. The molecule has 0 aliphatic carbocycles. The molecule has 0 saturated carbocycles. The lowest BCUT2D eigenvalue weighted by Gasteiger charge is -2.15. The van der Waals surface area contributed by atoms with Gasteiger partial charge in [-0.05, 0) is 19.5 Å². The fraction of sp³-hybridized carbons (Fsp3) is 0.417. The molecule has 0 heterocycles. The van der Waals surface area contributed by atoms with E-state index in [2.05, 4.69) is 17.4 Å². The summed E-state index contributed by atoms with van der Waals surface area (Å²) in [5.41, 5.74) is 1.23. The summed E-state index contributed by atoms with van der Waals surface area (Å²) >= 11 is 0. The summed E-state index contributed by atoms with van der Waals surface area (Å²) in [6.07, 6.45) is 0. The van der Waals surface area contributed by atoms with Crippen LogP contribution in [0.1, 0.15) is 12.5 Å². The molecule has 3 nitrogen and oxygen atoms in total. The molecule has 0 aromatic heterocycles. The van der Waals surface area contributed by atoms with Crippen molar-refractivity contribution in [1.82, 2.24) is 10.2 Å². The number of nitrogens with one attached hydrogen (secondary N) is 1. The predicted molar refractivity (Wildman–Crippen MR) is 61.5 cm³/mol.